The SMILES string of the molecule is [F][Al-]([F])([F])[F].c1ccc(-[n+]2ccccc2)cc1. The number of benzene rings is 1. The average molecular weight is 259 g/mol. The number of nitrogens with zero attached hydrogens (tertiary/aromatic N) is 1. The van der Waals surface area contributed by atoms with Crippen molar-refractivity contribution in [3.63, 3.8) is 0 Å². The standard InChI is InChI=1S/C11H10N.Al.4FH/c1-3-7-11(8-4-1)12-9-5-2-6-10-12;;;;;/h1-10H;;4*1H/q+1;+3;;;;/p-4. The van der Waals surface area contributed by atoms with Crippen molar-refractivity contribution >= 4 is 14.9 Å². The van der Waals surface area contributed by atoms with E-state index < -0.39 is 14.9 Å². The van der Waals surface area contributed by atoms with Gasteiger partial charge in [-0.25, -0.2) is 0 Å². The highest BCUT2D eigenvalue weighted by atomic mass is 27.5. The van der Waals surface area contributed by atoms with Crippen molar-refractivity contribution in [2.75, 3.05) is 0 Å². The summed E-state index contributed by atoms with van der Waals surface area (Å²) in [7, 11) is 0. The first-order chi connectivity index (χ1) is 7.97. The van der Waals surface area contributed by atoms with Crippen LogP contribution in [0.4, 0.5) is 14.1 Å². The molecule has 0 atom stereocenters. The molecule has 1 nitrogen and oxygen atoms in total. The van der Waals surface area contributed by atoms with E-state index in [4.69, 9.17) is 0 Å². The van der Waals surface area contributed by atoms with E-state index in [1.54, 1.807) is 0 Å². The summed E-state index contributed by atoms with van der Waals surface area (Å²) >= 11 is -6.83. The van der Waals surface area contributed by atoms with Gasteiger partial charge < -0.3 is 14.1 Å². The Morgan fingerprint density at radius 3 is 1.59 bits per heavy atom. The van der Waals surface area contributed by atoms with Gasteiger partial charge in [-0.3, -0.25) is 0 Å². The summed E-state index contributed by atoms with van der Waals surface area (Å²) in [5.74, 6) is 0. The Labute approximate surface area is 101 Å². The number of hydrogen-bond acceptors (Lipinski definition) is 0. The summed E-state index contributed by atoms with van der Waals surface area (Å²) in [6.45, 7) is 0. The zero-order chi connectivity index (χ0) is 12.7. The Morgan fingerprint density at radius 2 is 1.12 bits per heavy atom. The number of aromatic nitrogens is 1. The van der Waals surface area contributed by atoms with Gasteiger partial charge in [0, 0.05) is 24.3 Å². The van der Waals surface area contributed by atoms with Crippen LogP contribution in [0.15, 0.2) is 60.9 Å². The van der Waals surface area contributed by atoms with Crippen molar-refractivity contribution < 1.29 is 18.7 Å². The Bertz CT molecular complexity index is 387. The molecular formula is C11H10AlF4N. The predicted molar refractivity (Wildman–Crippen MR) is 58.2 cm³/mol. The lowest BCUT2D eigenvalue weighted by molar-refractivity contribution is -0.595. The molecule has 1 aromatic heterocycles. The quantitative estimate of drug-likeness (QED) is 0.420. The molecule has 0 unspecified atom stereocenters. The number of pyridine rings is 1. The topological polar surface area (TPSA) is 3.88 Å². The fourth-order valence-corrected chi connectivity index (χ4v) is 1.17. The number of halogens is 4. The zero-order valence-corrected chi connectivity index (χ0v) is 9.96. The predicted octanol–water partition coefficient (Wildman–Crippen LogP) is 3.26. The molecule has 0 aliphatic heterocycles. The molecule has 0 N–H and O–H groups in total. The molecule has 90 valence electrons. The van der Waals surface area contributed by atoms with Gasteiger partial charge in [0.2, 0.25) is 5.69 Å². The smallest absolute Gasteiger partial charge is 0.510 e. The summed E-state index contributed by atoms with van der Waals surface area (Å²) in [4.78, 5) is 0. The van der Waals surface area contributed by atoms with E-state index in [2.05, 4.69) is 16.7 Å². The van der Waals surface area contributed by atoms with Gasteiger partial charge in [-0.1, -0.05) is 24.3 Å². The second kappa shape index (κ2) is 6.38. The lowest BCUT2D eigenvalue weighted by Gasteiger charge is -1.92. The highest BCUT2D eigenvalue weighted by Crippen LogP contribution is 2.06. The maximum atomic E-state index is 9.85. The molecule has 2 rings (SSSR count). The van der Waals surface area contributed by atoms with Gasteiger partial charge in [0.25, 0.3) is 0 Å². The summed E-state index contributed by atoms with van der Waals surface area (Å²) in [5, 5.41) is 0. The van der Waals surface area contributed by atoms with Crippen molar-refractivity contribution in [2.45, 2.75) is 0 Å². The van der Waals surface area contributed by atoms with Gasteiger partial charge in [-0.2, -0.15) is 4.57 Å². The average Bonchev–Trinajstić information content (AvgIpc) is 2.29. The van der Waals surface area contributed by atoms with E-state index in [0.717, 1.165) is 0 Å². The monoisotopic (exact) mass is 259 g/mol. The van der Waals surface area contributed by atoms with Crippen molar-refractivity contribution in [3.8, 4) is 5.69 Å². The molecule has 0 amide bonds. The Balaban J connectivity index is 0.000000249. The fraction of sp³-hybridized carbons (Fsp3) is 0. The van der Waals surface area contributed by atoms with Crippen LogP contribution in [0.25, 0.3) is 5.69 Å². The minimum absolute atomic E-state index is 1.19. The first-order valence-corrected chi connectivity index (χ1v) is 6.60. The molecule has 0 fully saturated rings. The molecule has 0 saturated carbocycles. The highest BCUT2D eigenvalue weighted by Gasteiger charge is 2.41. The van der Waals surface area contributed by atoms with Crippen LogP contribution in [0, 0.1) is 0 Å². The minimum atomic E-state index is -6.83. The molecule has 0 spiro atoms. The molecule has 1 aromatic carbocycles. The number of para-hydroxylation sites is 1. The Hall–Kier alpha value is -1.38. The zero-order valence-electron chi connectivity index (χ0n) is 8.81. The van der Waals surface area contributed by atoms with E-state index in [9.17, 15) is 14.1 Å². The van der Waals surface area contributed by atoms with Crippen LogP contribution in [-0.2, 0) is 0 Å². The van der Waals surface area contributed by atoms with Gasteiger partial charge in [0.1, 0.15) is 0 Å². The third kappa shape index (κ3) is 6.72. The number of hydrogen-bond donors (Lipinski definition) is 0. The second-order valence-corrected chi connectivity index (χ2v) is 4.10. The van der Waals surface area contributed by atoms with Crippen molar-refractivity contribution in [3.05, 3.63) is 60.9 Å². The molecule has 0 saturated heterocycles. The largest absolute Gasteiger partial charge is 1.04 e. The molecule has 1 heterocycles. The molecule has 0 aliphatic rings. The molecule has 0 bridgehead atoms. The summed E-state index contributed by atoms with van der Waals surface area (Å²) < 4.78 is 41.5. The maximum absolute atomic E-state index is 9.85. The van der Waals surface area contributed by atoms with Crippen molar-refractivity contribution in [1.29, 1.82) is 0 Å². The van der Waals surface area contributed by atoms with E-state index >= 15 is 0 Å². The second-order valence-electron chi connectivity index (χ2n) is 3.11. The lowest BCUT2D eigenvalue weighted by Crippen LogP contribution is -2.28. The van der Waals surface area contributed by atoms with Gasteiger partial charge >= 0.3 is 14.9 Å². The van der Waals surface area contributed by atoms with Crippen LogP contribution in [0.2, 0.25) is 0 Å². The lowest BCUT2D eigenvalue weighted by atomic mass is 10.3. The summed E-state index contributed by atoms with van der Waals surface area (Å²) in [6, 6.07) is 16.3. The van der Waals surface area contributed by atoms with Gasteiger partial charge in [0.15, 0.2) is 12.4 Å². The van der Waals surface area contributed by atoms with Crippen LogP contribution in [-0.4, -0.2) is 14.9 Å². The van der Waals surface area contributed by atoms with E-state index in [-0.39, 0.29) is 0 Å². The van der Waals surface area contributed by atoms with Gasteiger partial charge in [-0.05, 0) is 0 Å². The van der Waals surface area contributed by atoms with Gasteiger partial charge in [0.05, 0.1) is 0 Å². The molecule has 2 aromatic rings. The van der Waals surface area contributed by atoms with E-state index in [1.807, 2.05) is 48.8 Å². The van der Waals surface area contributed by atoms with Gasteiger partial charge in [-0.15, -0.1) is 0 Å². The summed E-state index contributed by atoms with van der Waals surface area (Å²) in [6.07, 6.45) is 4.07. The van der Waals surface area contributed by atoms with E-state index in [1.165, 1.54) is 5.69 Å². The third-order valence-corrected chi connectivity index (χ3v) is 1.77. The highest BCUT2D eigenvalue weighted by molar-refractivity contribution is 6.50. The third-order valence-electron chi connectivity index (χ3n) is 1.77. The molecule has 17 heavy (non-hydrogen) atoms. The van der Waals surface area contributed by atoms with Crippen LogP contribution in [0.5, 0.6) is 0 Å². The first-order valence-electron chi connectivity index (χ1n) is 4.86. The van der Waals surface area contributed by atoms with E-state index in [0.29, 0.717) is 0 Å². The molecular weight excluding hydrogens is 249 g/mol. The first kappa shape index (κ1) is 13.7. The molecule has 6 heteroatoms. The minimum Gasteiger partial charge on any atom is -0.510 e. The molecule has 0 aliphatic carbocycles. The number of rotatable bonds is 1. The maximum Gasteiger partial charge on any atom is 1.04 e. The van der Waals surface area contributed by atoms with Crippen LogP contribution < -0.4 is 4.57 Å². The summed E-state index contributed by atoms with van der Waals surface area (Å²) in [5.41, 5.74) is 1.19. The van der Waals surface area contributed by atoms with Crippen molar-refractivity contribution in [2.24, 2.45) is 0 Å². The van der Waals surface area contributed by atoms with Crippen LogP contribution in [0.3, 0.4) is 0 Å². The molecule has 0 radical (unpaired) electrons. The van der Waals surface area contributed by atoms with Crippen LogP contribution in [0.1, 0.15) is 0 Å². The normalized spacial score (nSPS) is 10.4. The van der Waals surface area contributed by atoms with Crippen LogP contribution >= 0.6 is 0 Å². The Kier molecular flexibility index (Phi) is 5.14. The fourth-order valence-electron chi connectivity index (χ4n) is 1.17. The van der Waals surface area contributed by atoms with Crippen molar-refractivity contribution in [1.82, 2.24) is 0 Å². The Morgan fingerprint density at radius 1 is 0.706 bits per heavy atom.